The van der Waals surface area contributed by atoms with Gasteiger partial charge in [0.2, 0.25) is 0 Å². The summed E-state index contributed by atoms with van der Waals surface area (Å²) >= 11 is 0. The van der Waals surface area contributed by atoms with Crippen molar-refractivity contribution >= 4 is 17.5 Å². The van der Waals surface area contributed by atoms with Crippen molar-refractivity contribution < 1.29 is 0 Å². The van der Waals surface area contributed by atoms with Crippen LogP contribution in [-0.4, -0.2) is 28.0 Å². The van der Waals surface area contributed by atoms with Crippen LogP contribution >= 0.6 is 0 Å². The van der Waals surface area contributed by atoms with E-state index in [1.807, 2.05) is 31.2 Å². The van der Waals surface area contributed by atoms with Gasteiger partial charge in [0.05, 0.1) is 0 Å². The minimum absolute atomic E-state index is 0.562. The third-order valence-electron chi connectivity index (χ3n) is 2.21. The Morgan fingerprint density at radius 2 is 2.00 bits per heavy atom. The Balaban J connectivity index is 2.15. The number of nitrogens with two attached hydrogens (primary N) is 1. The van der Waals surface area contributed by atoms with E-state index < -0.39 is 0 Å². The number of anilines is 3. The van der Waals surface area contributed by atoms with Gasteiger partial charge in [0.25, 0.3) is 0 Å². The number of aromatic nitrogens is 3. The molecule has 94 valence electrons. The van der Waals surface area contributed by atoms with Gasteiger partial charge in [-0.2, -0.15) is 0 Å². The molecular formula is C12H16N6. The van der Waals surface area contributed by atoms with Gasteiger partial charge in [-0.15, -0.1) is 0 Å². The molecule has 0 aromatic carbocycles. The normalized spacial score (nSPS) is 10.1. The number of rotatable bonds is 5. The first-order valence-electron chi connectivity index (χ1n) is 5.75. The van der Waals surface area contributed by atoms with Crippen molar-refractivity contribution in [2.75, 3.05) is 23.7 Å². The first kappa shape index (κ1) is 12.3. The van der Waals surface area contributed by atoms with Crippen molar-refractivity contribution in [2.45, 2.75) is 6.92 Å². The average molecular weight is 244 g/mol. The second-order valence-corrected chi connectivity index (χ2v) is 3.74. The molecule has 4 N–H and O–H groups in total. The van der Waals surface area contributed by atoms with Crippen LogP contribution in [-0.2, 0) is 0 Å². The molecule has 2 aromatic heterocycles. The largest absolute Gasteiger partial charge is 0.369 e. The smallest absolute Gasteiger partial charge is 0.137 e. The van der Waals surface area contributed by atoms with Crippen LogP contribution in [0.15, 0.2) is 30.5 Å². The van der Waals surface area contributed by atoms with Crippen molar-refractivity contribution in [2.24, 2.45) is 5.73 Å². The van der Waals surface area contributed by atoms with Crippen LogP contribution < -0.4 is 16.4 Å². The number of nitrogens with one attached hydrogen (secondary N) is 2. The summed E-state index contributed by atoms with van der Waals surface area (Å²) in [4.78, 5) is 12.8. The summed E-state index contributed by atoms with van der Waals surface area (Å²) in [5.74, 6) is 2.91. The molecule has 0 radical (unpaired) electrons. The topological polar surface area (TPSA) is 88.8 Å². The van der Waals surface area contributed by atoms with E-state index in [9.17, 15) is 0 Å². The molecule has 0 unspecified atom stereocenters. The molecule has 0 saturated heterocycles. The average Bonchev–Trinajstić information content (AvgIpc) is 2.37. The van der Waals surface area contributed by atoms with E-state index in [0.29, 0.717) is 24.7 Å². The fourth-order valence-electron chi connectivity index (χ4n) is 1.49. The fourth-order valence-corrected chi connectivity index (χ4v) is 1.49. The number of aryl methyl sites for hydroxylation is 1. The van der Waals surface area contributed by atoms with Crippen LogP contribution in [0.25, 0.3) is 0 Å². The minimum atomic E-state index is 0.562. The first-order chi connectivity index (χ1) is 8.78. The van der Waals surface area contributed by atoms with E-state index in [1.165, 1.54) is 0 Å². The number of pyridine rings is 1. The number of hydrogen-bond acceptors (Lipinski definition) is 6. The zero-order chi connectivity index (χ0) is 12.8. The minimum Gasteiger partial charge on any atom is -0.369 e. The van der Waals surface area contributed by atoms with Crippen molar-refractivity contribution in [3.63, 3.8) is 0 Å². The molecular weight excluding hydrogens is 228 g/mol. The Hall–Kier alpha value is -2.21. The third kappa shape index (κ3) is 3.39. The van der Waals surface area contributed by atoms with Gasteiger partial charge in [-0.05, 0) is 19.1 Å². The van der Waals surface area contributed by atoms with Crippen LogP contribution in [0.4, 0.5) is 17.5 Å². The summed E-state index contributed by atoms with van der Waals surface area (Å²) in [6.07, 6.45) is 1.73. The molecule has 0 spiro atoms. The lowest BCUT2D eigenvalue weighted by Crippen LogP contribution is -2.14. The summed E-state index contributed by atoms with van der Waals surface area (Å²) in [6, 6.07) is 7.49. The highest BCUT2D eigenvalue weighted by Gasteiger charge is 2.02. The van der Waals surface area contributed by atoms with Gasteiger partial charge in [-0.1, -0.05) is 6.07 Å². The third-order valence-corrected chi connectivity index (χ3v) is 2.21. The Bertz CT molecular complexity index is 499. The lowest BCUT2D eigenvalue weighted by Gasteiger charge is -2.08. The van der Waals surface area contributed by atoms with Gasteiger partial charge in [0, 0.05) is 25.4 Å². The maximum atomic E-state index is 5.44. The van der Waals surface area contributed by atoms with E-state index >= 15 is 0 Å². The highest BCUT2D eigenvalue weighted by molar-refractivity contribution is 5.55. The van der Waals surface area contributed by atoms with Gasteiger partial charge in [-0.3, -0.25) is 0 Å². The maximum Gasteiger partial charge on any atom is 0.137 e. The predicted molar refractivity (Wildman–Crippen MR) is 71.8 cm³/mol. The van der Waals surface area contributed by atoms with Gasteiger partial charge in [0.15, 0.2) is 0 Å². The lowest BCUT2D eigenvalue weighted by atomic mass is 10.4. The first-order valence-corrected chi connectivity index (χ1v) is 5.75. The van der Waals surface area contributed by atoms with Crippen LogP contribution in [0.2, 0.25) is 0 Å². The fraction of sp³-hybridized carbons (Fsp3) is 0.250. The molecule has 6 nitrogen and oxygen atoms in total. The van der Waals surface area contributed by atoms with Crippen molar-refractivity contribution in [1.29, 1.82) is 0 Å². The van der Waals surface area contributed by atoms with Gasteiger partial charge < -0.3 is 16.4 Å². The quantitative estimate of drug-likeness (QED) is 0.734. The van der Waals surface area contributed by atoms with E-state index in [-0.39, 0.29) is 0 Å². The van der Waals surface area contributed by atoms with Crippen molar-refractivity contribution in [3.05, 3.63) is 36.3 Å². The molecule has 0 atom stereocenters. The molecule has 0 fully saturated rings. The molecule has 18 heavy (non-hydrogen) atoms. The summed E-state index contributed by atoms with van der Waals surface area (Å²) in [6.45, 7) is 3.09. The zero-order valence-electron chi connectivity index (χ0n) is 10.2. The second-order valence-electron chi connectivity index (χ2n) is 3.74. The zero-order valence-corrected chi connectivity index (χ0v) is 10.2. The standard InChI is InChI=1S/C12H16N6/c1-9-16-11(15-7-5-13)8-12(17-9)18-10-4-2-3-6-14-10/h2-4,6,8H,5,7,13H2,1H3,(H2,14,15,16,17,18). The molecule has 0 saturated carbocycles. The molecule has 0 aliphatic heterocycles. The SMILES string of the molecule is Cc1nc(NCCN)cc(Nc2ccccn2)n1. The second kappa shape index (κ2) is 5.92. The Kier molecular flexibility index (Phi) is 4.03. The Labute approximate surface area is 106 Å². The molecule has 2 aromatic rings. The molecule has 2 heterocycles. The summed E-state index contributed by atoms with van der Waals surface area (Å²) in [5, 5.41) is 6.25. The van der Waals surface area contributed by atoms with E-state index in [0.717, 1.165) is 11.6 Å². The summed E-state index contributed by atoms with van der Waals surface area (Å²) < 4.78 is 0. The highest BCUT2D eigenvalue weighted by Crippen LogP contribution is 2.15. The van der Waals surface area contributed by atoms with Crippen LogP contribution in [0.5, 0.6) is 0 Å². The van der Waals surface area contributed by atoms with Crippen LogP contribution in [0.3, 0.4) is 0 Å². The molecule has 6 heteroatoms. The summed E-state index contributed by atoms with van der Waals surface area (Å²) in [5.41, 5.74) is 5.44. The summed E-state index contributed by atoms with van der Waals surface area (Å²) in [7, 11) is 0. The van der Waals surface area contributed by atoms with E-state index in [2.05, 4.69) is 25.6 Å². The van der Waals surface area contributed by atoms with Gasteiger partial charge in [-0.25, -0.2) is 15.0 Å². The van der Waals surface area contributed by atoms with Gasteiger partial charge in [0.1, 0.15) is 23.3 Å². The monoisotopic (exact) mass is 244 g/mol. The number of nitrogens with zero attached hydrogens (tertiary/aromatic N) is 3. The molecule has 0 aliphatic rings. The van der Waals surface area contributed by atoms with Gasteiger partial charge >= 0.3 is 0 Å². The lowest BCUT2D eigenvalue weighted by molar-refractivity contribution is 0.986. The highest BCUT2D eigenvalue weighted by atomic mass is 15.1. The van der Waals surface area contributed by atoms with Crippen molar-refractivity contribution in [1.82, 2.24) is 15.0 Å². The van der Waals surface area contributed by atoms with E-state index in [1.54, 1.807) is 6.20 Å². The molecule has 0 amide bonds. The van der Waals surface area contributed by atoms with E-state index in [4.69, 9.17) is 5.73 Å². The Morgan fingerprint density at radius 3 is 2.72 bits per heavy atom. The maximum absolute atomic E-state index is 5.44. The molecule has 2 rings (SSSR count). The molecule has 0 bridgehead atoms. The van der Waals surface area contributed by atoms with Crippen LogP contribution in [0, 0.1) is 6.92 Å². The molecule has 0 aliphatic carbocycles. The van der Waals surface area contributed by atoms with Crippen molar-refractivity contribution in [3.8, 4) is 0 Å². The Morgan fingerprint density at radius 1 is 1.17 bits per heavy atom. The number of hydrogen-bond donors (Lipinski definition) is 3. The van der Waals surface area contributed by atoms with Crippen LogP contribution in [0.1, 0.15) is 5.82 Å². The predicted octanol–water partition coefficient (Wildman–Crippen LogP) is 1.29.